The first-order chi connectivity index (χ1) is 4.45. The van der Waals surface area contributed by atoms with Gasteiger partial charge in [-0.2, -0.15) is 0 Å². The van der Waals surface area contributed by atoms with Crippen LogP contribution in [0.15, 0.2) is 0 Å². The van der Waals surface area contributed by atoms with Gasteiger partial charge in [0.1, 0.15) is 6.61 Å². The van der Waals surface area contributed by atoms with Crippen LogP contribution in [0.25, 0.3) is 0 Å². The van der Waals surface area contributed by atoms with E-state index < -0.39 is 18.4 Å². The molecule has 4 heteroatoms. The van der Waals surface area contributed by atoms with E-state index >= 15 is 0 Å². The van der Waals surface area contributed by atoms with Crippen LogP contribution >= 0.6 is 0 Å². The summed E-state index contributed by atoms with van der Waals surface area (Å²) < 4.78 is 16.5. The van der Waals surface area contributed by atoms with Gasteiger partial charge in [0.15, 0.2) is 0 Å². The van der Waals surface area contributed by atoms with Crippen LogP contribution in [0.5, 0.6) is 0 Å². The first-order valence-electron chi connectivity index (χ1n) is 3.02. The predicted octanol–water partition coefficient (Wildman–Crippen LogP) is 0.618. The van der Waals surface area contributed by atoms with Crippen LogP contribution in [0, 0.1) is 0 Å². The van der Waals surface area contributed by atoms with Crippen molar-refractivity contribution in [2.24, 2.45) is 0 Å². The lowest BCUT2D eigenvalue weighted by molar-refractivity contribution is -0.164. The molecule has 3 nitrogen and oxygen atoms in total. The summed E-state index contributed by atoms with van der Waals surface area (Å²) in [5.41, 5.74) is 0. The Labute approximate surface area is 58.8 Å². The van der Waals surface area contributed by atoms with E-state index in [2.05, 4.69) is 4.74 Å². The maximum Gasteiger partial charge on any atom is 0.305 e. The zero-order valence-electron chi connectivity index (χ0n) is 6.06. The molecule has 1 atom stereocenters. The lowest BCUT2D eigenvalue weighted by Gasteiger charge is -2.11. The molecule has 60 valence electrons. The molecule has 0 fully saturated rings. The summed E-state index contributed by atoms with van der Waals surface area (Å²) in [6.07, 6.45) is 0.191. The number of ether oxygens (including phenoxy) is 1. The third kappa shape index (κ3) is 5.50. The fourth-order valence-electron chi connectivity index (χ4n) is 0.314. The Morgan fingerprint density at radius 3 is 2.60 bits per heavy atom. The van der Waals surface area contributed by atoms with E-state index in [-0.39, 0.29) is 6.42 Å². The zero-order chi connectivity index (χ0) is 8.20. The van der Waals surface area contributed by atoms with Crippen molar-refractivity contribution >= 4 is 5.97 Å². The van der Waals surface area contributed by atoms with E-state index in [9.17, 15) is 9.18 Å². The molecule has 0 aromatic rings. The van der Waals surface area contributed by atoms with Crippen LogP contribution in [0.4, 0.5) is 4.39 Å². The van der Waals surface area contributed by atoms with Gasteiger partial charge in [-0.1, -0.05) is 6.92 Å². The second-order valence-electron chi connectivity index (χ2n) is 2.16. The lowest BCUT2D eigenvalue weighted by atomic mass is 10.4. The number of carbonyl (C=O) groups is 1. The van der Waals surface area contributed by atoms with E-state index in [0.717, 1.165) is 6.92 Å². The smallest absolute Gasteiger partial charge is 0.305 e. The normalized spacial score (nSPS) is 16.0. The van der Waals surface area contributed by atoms with Gasteiger partial charge in [-0.15, -0.1) is 0 Å². The van der Waals surface area contributed by atoms with E-state index in [4.69, 9.17) is 5.11 Å². The van der Waals surface area contributed by atoms with Gasteiger partial charge in [-0.25, -0.2) is 4.39 Å². The topological polar surface area (TPSA) is 46.5 Å². The molecule has 0 aliphatic heterocycles. The average molecular weight is 150 g/mol. The summed E-state index contributed by atoms with van der Waals surface area (Å²) in [5, 5.41) is 8.42. The van der Waals surface area contributed by atoms with Gasteiger partial charge in [0.25, 0.3) is 0 Å². The van der Waals surface area contributed by atoms with Gasteiger partial charge in [0, 0.05) is 6.42 Å². The SMILES string of the molecule is CCC(=O)OCC(C)(O)F. The van der Waals surface area contributed by atoms with Crippen molar-refractivity contribution in [3.05, 3.63) is 0 Å². The van der Waals surface area contributed by atoms with Crippen molar-refractivity contribution in [3.63, 3.8) is 0 Å². The Bertz CT molecular complexity index is 117. The highest BCUT2D eigenvalue weighted by Crippen LogP contribution is 2.04. The molecule has 1 unspecified atom stereocenters. The average Bonchev–Trinajstić information content (AvgIpc) is 1.81. The van der Waals surface area contributed by atoms with Crippen LogP contribution in [0.3, 0.4) is 0 Å². The molecule has 0 spiro atoms. The highest BCUT2D eigenvalue weighted by atomic mass is 19.2. The van der Waals surface area contributed by atoms with Gasteiger partial charge in [-0.05, 0) is 6.92 Å². The van der Waals surface area contributed by atoms with Crippen molar-refractivity contribution in [2.45, 2.75) is 26.1 Å². The molecule has 0 rings (SSSR count). The van der Waals surface area contributed by atoms with Crippen LogP contribution < -0.4 is 0 Å². The third-order valence-corrected chi connectivity index (χ3v) is 0.785. The van der Waals surface area contributed by atoms with Crippen LogP contribution in [-0.4, -0.2) is 23.5 Å². The van der Waals surface area contributed by atoms with Crippen molar-refractivity contribution in [2.75, 3.05) is 6.61 Å². The molecule has 0 amide bonds. The number of halogens is 1. The number of esters is 1. The monoisotopic (exact) mass is 150 g/mol. The van der Waals surface area contributed by atoms with Gasteiger partial charge in [0.2, 0.25) is 5.85 Å². The molecule has 0 aromatic heterocycles. The fraction of sp³-hybridized carbons (Fsp3) is 0.833. The van der Waals surface area contributed by atoms with E-state index in [1.54, 1.807) is 6.92 Å². The standard InChI is InChI=1S/C6H11FO3/c1-3-5(8)10-4-6(2,7)9/h9H,3-4H2,1-2H3. The summed E-state index contributed by atoms with van der Waals surface area (Å²) in [6.45, 7) is 1.92. The summed E-state index contributed by atoms with van der Waals surface area (Å²) in [4.78, 5) is 10.4. The molecule has 0 aliphatic carbocycles. The van der Waals surface area contributed by atoms with Gasteiger partial charge in [0.05, 0.1) is 0 Å². The Balaban J connectivity index is 3.46. The summed E-state index contributed by atoms with van der Waals surface area (Å²) in [6, 6.07) is 0. The molecule has 0 saturated carbocycles. The summed E-state index contributed by atoms with van der Waals surface area (Å²) in [7, 11) is 0. The van der Waals surface area contributed by atoms with Gasteiger partial charge in [-0.3, -0.25) is 4.79 Å². The van der Waals surface area contributed by atoms with Crippen LogP contribution in [-0.2, 0) is 9.53 Å². The van der Waals surface area contributed by atoms with Gasteiger partial charge < -0.3 is 9.84 Å². The van der Waals surface area contributed by atoms with Crippen molar-refractivity contribution < 1.29 is 19.0 Å². The molecule has 0 radical (unpaired) electrons. The quantitative estimate of drug-likeness (QED) is 0.600. The van der Waals surface area contributed by atoms with Crippen molar-refractivity contribution in [3.8, 4) is 0 Å². The first-order valence-corrected chi connectivity index (χ1v) is 3.02. The maximum absolute atomic E-state index is 12.2. The summed E-state index contributed by atoms with van der Waals surface area (Å²) >= 11 is 0. The van der Waals surface area contributed by atoms with Crippen LogP contribution in [0.1, 0.15) is 20.3 Å². The molecule has 10 heavy (non-hydrogen) atoms. The fourth-order valence-corrected chi connectivity index (χ4v) is 0.314. The zero-order valence-corrected chi connectivity index (χ0v) is 6.06. The molecular formula is C6H11FO3. The molecule has 0 aliphatic rings. The predicted molar refractivity (Wildman–Crippen MR) is 33.0 cm³/mol. The highest BCUT2D eigenvalue weighted by molar-refractivity contribution is 5.68. The van der Waals surface area contributed by atoms with E-state index in [1.807, 2.05) is 0 Å². The van der Waals surface area contributed by atoms with Gasteiger partial charge >= 0.3 is 5.97 Å². The summed E-state index contributed by atoms with van der Waals surface area (Å²) in [5.74, 6) is -2.93. The number of aliphatic hydroxyl groups is 1. The maximum atomic E-state index is 12.2. The van der Waals surface area contributed by atoms with E-state index in [0.29, 0.717) is 0 Å². The Hall–Kier alpha value is -0.640. The van der Waals surface area contributed by atoms with Crippen molar-refractivity contribution in [1.29, 1.82) is 0 Å². The van der Waals surface area contributed by atoms with Crippen LogP contribution in [0.2, 0.25) is 0 Å². The molecular weight excluding hydrogens is 139 g/mol. The molecule has 1 N–H and O–H groups in total. The minimum absolute atomic E-state index is 0.191. The lowest BCUT2D eigenvalue weighted by Crippen LogP contribution is -2.26. The second kappa shape index (κ2) is 3.51. The Morgan fingerprint density at radius 2 is 2.30 bits per heavy atom. The Morgan fingerprint density at radius 1 is 1.80 bits per heavy atom. The minimum Gasteiger partial charge on any atom is -0.460 e. The second-order valence-corrected chi connectivity index (χ2v) is 2.16. The number of carbonyl (C=O) groups excluding carboxylic acids is 1. The minimum atomic E-state index is -2.41. The number of hydrogen-bond donors (Lipinski definition) is 1. The number of alkyl halides is 1. The molecule has 0 aromatic carbocycles. The Kier molecular flexibility index (Phi) is 3.28. The highest BCUT2D eigenvalue weighted by Gasteiger charge is 2.19. The molecule has 0 saturated heterocycles. The van der Waals surface area contributed by atoms with E-state index in [1.165, 1.54) is 0 Å². The molecule has 0 heterocycles. The third-order valence-electron chi connectivity index (χ3n) is 0.785. The largest absolute Gasteiger partial charge is 0.460 e. The van der Waals surface area contributed by atoms with Crippen molar-refractivity contribution in [1.82, 2.24) is 0 Å². The number of rotatable bonds is 3. The molecule has 0 bridgehead atoms. The number of hydrogen-bond acceptors (Lipinski definition) is 3. The first kappa shape index (κ1) is 9.36.